The number of ether oxygens (including phenoxy) is 1. The molecule has 106 valence electrons. The molecule has 0 aliphatic carbocycles. The number of rotatable bonds is 6. The van der Waals surface area contributed by atoms with E-state index in [0.29, 0.717) is 31.1 Å². The van der Waals surface area contributed by atoms with Crippen molar-refractivity contribution in [2.45, 2.75) is 13.3 Å². The summed E-state index contributed by atoms with van der Waals surface area (Å²) in [6, 6.07) is 9.31. The standard InChI is InChI=1S/C15H19N3O2/c1-3-20-14-8-4-6-12(17-14)9-10-16-15(19)13-7-5-11-18(13)2/h4-8,11H,3,9-10H2,1-2H3,(H,16,19). The van der Waals surface area contributed by atoms with Crippen molar-refractivity contribution in [3.63, 3.8) is 0 Å². The summed E-state index contributed by atoms with van der Waals surface area (Å²) >= 11 is 0. The van der Waals surface area contributed by atoms with Crippen molar-refractivity contribution in [2.75, 3.05) is 13.2 Å². The molecular formula is C15H19N3O2. The summed E-state index contributed by atoms with van der Waals surface area (Å²) in [6.45, 7) is 3.07. The third-order valence-electron chi connectivity index (χ3n) is 2.92. The molecule has 2 rings (SSSR count). The average molecular weight is 273 g/mol. The maximum absolute atomic E-state index is 11.9. The van der Waals surface area contributed by atoms with E-state index in [0.717, 1.165) is 5.69 Å². The van der Waals surface area contributed by atoms with Crippen molar-refractivity contribution in [1.82, 2.24) is 14.9 Å². The molecular weight excluding hydrogens is 254 g/mol. The van der Waals surface area contributed by atoms with Gasteiger partial charge in [0.25, 0.3) is 5.91 Å². The molecule has 0 bridgehead atoms. The van der Waals surface area contributed by atoms with Gasteiger partial charge in [0.05, 0.1) is 6.61 Å². The Balaban J connectivity index is 1.85. The SMILES string of the molecule is CCOc1cccc(CCNC(=O)c2cccn2C)n1. The van der Waals surface area contributed by atoms with Gasteiger partial charge in [-0.3, -0.25) is 4.79 Å². The Labute approximate surface area is 118 Å². The van der Waals surface area contributed by atoms with Gasteiger partial charge in [-0.1, -0.05) is 6.07 Å². The predicted molar refractivity (Wildman–Crippen MR) is 76.9 cm³/mol. The smallest absolute Gasteiger partial charge is 0.267 e. The van der Waals surface area contributed by atoms with Crippen molar-refractivity contribution < 1.29 is 9.53 Å². The maximum Gasteiger partial charge on any atom is 0.267 e. The van der Waals surface area contributed by atoms with Crippen LogP contribution in [0.15, 0.2) is 36.5 Å². The molecule has 0 unspecified atom stereocenters. The number of aromatic nitrogens is 2. The molecule has 2 heterocycles. The highest BCUT2D eigenvalue weighted by atomic mass is 16.5. The molecule has 0 atom stereocenters. The van der Waals surface area contributed by atoms with Gasteiger partial charge in [0.2, 0.25) is 5.88 Å². The number of aryl methyl sites for hydroxylation is 1. The molecule has 0 saturated carbocycles. The van der Waals surface area contributed by atoms with E-state index in [1.165, 1.54) is 0 Å². The molecule has 0 saturated heterocycles. The zero-order valence-electron chi connectivity index (χ0n) is 11.8. The monoisotopic (exact) mass is 273 g/mol. The summed E-state index contributed by atoms with van der Waals surface area (Å²) in [5, 5.41) is 2.89. The second kappa shape index (κ2) is 6.75. The number of carbonyl (C=O) groups excluding carboxylic acids is 1. The quantitative estimate of drug-likeness (QED) is 0.873. The largest absolute Gasteiger partial charge is 0.478 e. The molecule has 20 heavy (non-hydrogen) atoms. The first-order valence-electron chi connectivity index (χ1n) is 6.69. The van der Waals surface area contributed by atoms with Crippen molar-refractivity contribution in [1.29, 1.82) is 0 Å². The van der Waals surface area contributed by atoms with E-state index in [4.69, 9.17) is 4.74 Å². The van der Waals surface area contributed by atoms with E-state index in [1.807, 2.05) is 44.4 Å². The van der Waals surface area contributed by atoms with Crippen LogP contribution in [0.2, 0.25) is 0 Å². The minimum absolute atomic E-state index is 0.0709. The Morgan fingerprint density at radius 3 is 2.90 bits per heavy atom. The van der Waals surface area contributed by atoms with E-state index >= 15 is 0 Å². The summed E-state index contributed by atoms with van der Waals surface area (Å²) in [4.78, 5) is 16.3. The lowest BCUT2D eigenvalue weighted by Gasteiger charge is -2.07. The highest BCUT2D eigenvalue weighted by Gasteiger charge is 2.07. The van der Waals surface area contributed by atoms with Gasteiger partial charge in [-0.15, -0.1) is 0 Å². The van der Waals surface area contributed by atoms with Gasteiger partial charge in [0, 0.05) is 38.0 Å². The zero-order chi connectivity index (χ0) is 14.4. The van der Waals surface area contributed by atoms with E-state index in [2.05, 4.69) is 10.3 Å². The minimum atomic E-state index is -0.0709. The van der Waals surface area contributed by atoms with Gasteiger partial charge in [0.1, 0.15) is 5.69 Å². The molecule has 0 aliphatic heterocycles. The highest BCUT2D eigenvalue weighted by Crippen LogP contribution is 2.07. The number of carbonyl (C=O) groups is 1. The van der Waals surface area contributed by atoms with Gasteiger partial charge in [-0.05, 0) is 25.1 Å². The summed E-state index contributed by atoms with van der Waals surface area (Å²) in [5.74, 6) is 0.553. The van der Waals surface area contributed by atoms with Crippen molar-refractivity contribution in [3.05, 3.63) is 47.9 Å². The lowest BCUT2D eigenvalue weighted by molar-refractivity contribution is 0.0946. The van der Waals surface area contributed by atoms with Crippen molar-refractivity contribution in [3.8, 4) is 5.88 Å². The molecule has 2 aromatic heterocycles. The highest BCUT2D eigenvalue weighted by molar-refractivity contribution is 5.92. The van der Waals surface area contributed by atoms with Crippen LogP contribution in [0.4, 0.5) is 0 Å². The van der Waals surface area contributed by atoms with Crippen LogP contribution in [0.25, 0.3) is 0 Å². The zero-order valence-corrected chi connectivity index (χ0v) is 11.8. The van der Waals surface area contributed by atoms with Gasteiger partial charge in [-0.2, -0.15) is 0 Å². The summed E-state index contributed by atoms with van der Waals surface area (Å²) in [7, 11) is 1.85. The molecule has 0 radical (unpaired) electrons. The topological polar surface area (TPSA) is 56.1 Å². The number of pyridine rings is 1. The first-order chi connectivity index (χ1) is 9.70. The molecule has 0 aromatic carbocycles. The van der Waals surface area contributed by atoms with Gasteiger partial charge >= 0.3 is 0 Å². The van der Waals surface area contributed by atoms with E-state index < -0.39 is 0 Å². The van der Waals surface area contributed by atoms with Crippen LogP contribution < -0.4 is 10.1 Å². The Morgan fingerprint density at radius 2 is 2.20 bits per heavy atom. The second-order valence-electron chi connectivity index (χ2n) is 4.41. The number of nitrogens with zero attached hydrogens (tertiary/aromatic N) is 2. The van der Waals surface area contributed by atoms with Crippen LogP contribution >= 0.6 is 0 Å². The van der Waals surface area contributed by atoms with Crippen LogP contribution in [0.1, 0.15) is 23.1 Å². The van der Waals surface area contributed by atoms with E-state index in [-0.39, 0.29) is 5.91 Å². The summed E-state index contributed by atoms with van der Waals surface area (Å²) in [6.07, 6.45) is 2.53. The fourth-order valence-electron chi connectivity index (χ4n) is 1.92. The molecule has 0 aliphatic rings. The fraction of sp³-hybridized carbons (Fsp3) is 0.333. The van der Waals surface area contributed by atoms with Crippen molar-refractivity contribution >= 4 is 5.91 Å². The maximum atomic E-state index is 11.9. The third-order valence-corrected chi connectivity index (χ3v) is 2.92. The summed E-state index contributed by atoms with van der Waals surface area (Å²) < 4.78 is 7.14. The second-order valence-corrected chi connectivity index (χ2v) is 4.41. The lowest BCUT2D eigenvalue weighted by atomic mass is 10.2. The van der Waals surface area contributed by atoms with Gasteiger partial charge < -0.3 is 14.6 Å². The Hall–Kier alpha value is -2.30. The Morgan fingerprint density at radius 1 is 1.35 bits per heavy atom. The average Bonchev–Trinajstić information content (AvgIpc) is 2.86. The molecule has 0 fully saturated rings. The number of hydrogen-bond acceptors (Lipinski definition) is 3. The normalized spacial score (nSPS) is 10.3. The summed E-state index contributed by atoms with van der Waals surface area (Å²) in [5.41, 5.74) is 1.56. The Bertz CT molecular complexity index is 578. The Kier molecular flexibility index (Phi) is 4.76. The first-order valence-corrected chi connectivity index (χ1v) is 6.69. The number of hydrogen-bond donors (Lipinski definition) is 1. The number of amides is 1. The van der Waals surface area contributed by atoms with Crippen LogP contribution in [0, 0.1) is 0 Å². The minimum Gasteiger partial charge on any atom is -0.478 e. The molecule has 2 aromatic rings. The van der Waals surface area contributed by atoms with E-state index in [9.17, 15) is 4.79 Å². The van der Waals surface area contributed by atoms with Crippen LogP contribution in [0.3, 0.4) is 0 Å². The van der Waals surface area contributed by atoms with Gasteiger partial charge in [-0.25, -0.2) is 4.98 Å². The molecule has 1 N–H and O–H groups in total. The van der Waals surface area contributed by atoms with Crippen LogP contribution in [-0.4, -0.2) is 28.6 Å². The van der Waals surface area contributed by atoms with Crippen molar-refractivity contribution in [2.24, 2.45) is 7.05 Å². The first kappa shape index (κ1) is 14.1. The lowest BCUT2D eigenvalue weighted by Crippen LogP contribution is -2.27. The van der Waals surface area contributed by atoms with Gasteiger partial charge in [0.15, 0.2) is 0 Å². The van der Waals surface area contributed by atoms with Crippen LogP contribution in [-0.2, 0) is 13.5 Å². The fourth-order valence-corrected chi connectivity index (χ4v) is 1.92. The molecule has 1 amide bonds. The molecule has 5 nitrogen and oxygen atoms in total. The molecule has 5 heteroatoms. The molecule has 0 spiro atoms. The predicted octanol–water partition coefficient (Wildman–Crippen LogP) is 1.79. The number of nitrogens with one attached hydrogen (secondary N) is 1. The van der Waals surface area contributed by atoms with E-state index in [1.54, 1.807) is 10.6 Å². The van der Waals surface area contributed by atoms with Crippen LogP contribution in [0.5, 0.6) is 5.88 Å². The third kappa shape index (κ3) is 3.60.